The highest BCUT2D eigenvalue weighted by Gasteiger charge is 2.22. The van der Waals surface area contributed by atoms with Gasteiger partial charge in [-0.2, -0.15) is 0 Å². The second-order valence-electron chi connectivity index (χ2n) is 6.22. The maximum absolute atomic E-state index is 13.9. The van der Waals surface area contributed by atoms with Crippen LogP contribution < -0.4 is 11.1 Å². The SMILES string of the molecule is CC(CC(=O)Nc1ccc(C#CCN)cc1F)C(C)(C)C. The molecule has 0 bridgehead atoms. The average Bonchev–Trinajstić information content (AvgIpc) is 2.38. The van der Waals surface area contributed by atoms with E-state index in [9.17, 15) is 9.18 Å². The molecule has 1 aromatic carbocycles. The number of nitrogens with one attached hydrogen (secondary N) is 1. The molecule has 0 aromatic heterocycles. The lowest BCUT2D eigenvalue weighted by molar-refractivity contribution is -0.117. The number of nitrogens with two attached hydrogens (primary N) is 1. The number of hydrogen-bond acceptors (Lipinski definition) is 2. The Morgan fingerprint density at radius 2 is 2.10 bits per heavy atom. The van der Waals surface area contributed by atoms with Crippen LogP contribution in [0.2, 0.25) is 0 Å². The number of carbonyl (C=O) groups is 1. The fourth-order valence-corrected chi connectivity index (χ4v) is 1.63. The van der Waals surface area contributed by atoms with E-state index in [1.165, 1.54) is 12.1 Å². The zero-order chi connectivity index (χ0) is 16.0. The van der Waals surface area contributed by atoms with E-state index in [1.54, 1.807) is 6.07 Å². The van der Waals surface area contributed by atoms with Gasteiger partial charge in [0.05, 0.1) is 12.2 Å². The second-order valence-corrected chi connectivity index (χ2v) is 6.22. The van der Waals surface area contributed by atoms with Crippen molar-refractivity contribution in [1.82, 2.24) is 0 Å². The van der Waals surface area contributed by atoms with Crippen molar-refractivity contribution in [2.45, 2.75) is 34.1 Å². The van der Waals surface area contributed by atoms with Crippen LogP contribution in [0.1, 0.15) is 39.7 Å². The summed E-state index contributed by atoms with van der Waals surface area (Å²) in [6.45, 7) is 8.48. The molecule has 3 N–H and O–H groups in total. The number of rotatable bonds is 3. The maximum Gasteiger partial charge on any atom is 0.224 e. The van der Waals surface area contributed by atoms with Crippen molar-refractivity contribution in [2.24, 2.45) is 17.1 Å². The topological polar surface area (TPSA) is 55.1 Å². The first kappa shape index (κ1) is 17.2. The summed E-state index contributed by atoms with van der Waals surface area (Å²) in [5.41, 5.74) is 6.03. The molecule has 0 spiro atoms. The predicted octanol–water partition coefficient (Wildman–Crippen LogP) is 3.15. The van der Waals surface area contributed by atoms with Crippen molar-refractivity contribution in [2.75, 3.05) is 11.9 Å². The number of amides is 1. The molecule has 0 fully saturated rings. The smallest absolute Gasteiger partial charge is 0.224 e. The zero-order valence-corrected chi connectivity index (χ0v) is 13.1. The van der Waals surface area contributed by atoms with Crippen molar-refractivity contribution in [1.29, 1.82) is 0 Å². The van der Waals surface area contributed by atoms with Crippen molar-refractivity contribution in [3.05, 3.63) is 29.6 Å². The van der Waals surface area contributed by atoms with Gasteiger partial charge >= 0.3 is 0 Å². The second kappa shape index (κ2) is 7.24. The van der Waals surface area contributed by atoms with E-state index in [4.69, 9.17) is 5.73 Å². The molecule has 0 saturated heterocycles. The minimum Gasteiger partial charge on any atom is -0.324 e. The first-order chi connectivity index (χ1) is 9.74. The molecule has 3 nitrogen and oxygen atoms in total. The van der Waals surface area contributed by atoms with Gasteiger partial charge < -0.3 is 11.1 Å². The molecule has 0 aliphatic carbocycles. The van der Waals surface area contributed by atoms with Crippen molar-refractivity contribution >= 4 is 11.6 Å². The van der Waals surface area contributed by atoms with E-state index in [1.807, 2.05) is 6.92 Å². The molecule has 0 saturated carbocycles. The Morgan fingerprint density at radius 1 is 1.43 bits per heavy atom. The third kappa shape index (κ3) is 5.57. The Kier molecular flexibility index (Phi) is 5.92. The van der Waals surface area contributed by atoms with E-state index >= 15 is 0 Å². The van der Waals surface area contributed by atoms with Crippen LogP contribution in [0.5, 0.6) is 0 Å². The van der Waals surface area contributed by atoms with Crippen LogP contribution in [-0.4, -0.2) is 12.5 Å². The molecule has 0 heterocycles. The molecule has 114 valence electrons. The molecule has 1 amide bonds. The van der Waals surface area contributed by atoms with Crippen molar-refractivity contribution in [3.8, 4) is 11.8 Å². The molecule has 1 unspecified atom stereocenters. The molecular formula is C17H23FN2O. The Labute approximate surface area is 126 Å². The molecule has 21 heavy (non-hydrogen) atoms. The summed E-state index contributed by atoms with van der Waals surface area (Å²) < 4.78 is 13.9. The van der Waals surface area contributed by atoms with Gasteiger partial charge in [0.25, 0.3) is 0 Å². The van der Waals surface area contributed by atoms with Gasteiger partial charge in [-0.05, 0) is 29.5 Å². The third-order valence-electron chi connectivity index (χ3n) is 3.55. The molecule has 0 aliphatic heterocycles. The highest BCUT2D eigenvalue weighted by molar-refractivity contribution is 5.91. The minimum atomic E-state index is -0.490. The summed E-state index contributed by atoms with van der Waals surface area (Å²) >= 11 is 0. The molecule has 4 heteroatoms. The van der Waals surface area contributed by atoms with E-state index in [-0.39, 0.29) is 29.5 Å². The van der Waals surface area contributed by atoms with Crippen LogP contribution in [0.4, 0.5) is 10.1 Å². The van der Waals surface area contributed by atoms with Crippen LogP contribution in [-0.2, 0) is 4.79 Å². The number of carbonyl (C=O) groups excluding carboxylic acids is 1. The predicted molar refractivity (Wildman–Crippen MR) is 84.2 cm³/mol. The lowest BCUT2D eigenvalue weighted by atomic mass is 9.80. The third-order valence-corrected chi connectivity index (χ3v) is 3.55. The molecule has 1 atom stereocenters. The van der Waals surface area contributed by atoms with E-state index in [0.717, 1.165) is 0 Å². The van der Waals surface area contributed by atoms with Crippen LogP contribution in [0, 0.1) is 29.0 Å². The fraction of sp³-hybridized carbons (Fsp3) is 0.471. The average molecular weight is 290 g/mol. The minimum absolute atomic E-state index is 0.0392. The fourth-order valence-electron chi connectivity index (χ4n) is 1.63. The van der Waals surface area contributed by atoms with Crippen LogP contribution >= 0.6 is 0 Å². The largest absolute Gasteiger partial charge is 0.324 e. The molecule has 1 aromatic rings. The summed E-state index contributed by atoms with van der Waals surface area (Å²) in [5, 5.41) is 2.61. The van der Waals surface area contributed by atoms with Crippen molar-refractivity contribution < 1.29 is 9.18 Å². The number of hydrogen-bond donors (Lipinski definition) is 2. The monoisotopic (exact) mass is 290 g/mol. The lowest BCUT2D eigenvalue weighted by Crippen LogP contribution is -2.24. The lowest BCUT2D eigenvalue weighted by Gasteiger charge is -2.26. The Balaban J connectivity index is 2.73. The van der Waals surface area contributed by atoms with Gasteiger partial charge in [0.1, 0.15) is 5.82 Å². The number of halogens is 1. The Bertz CT molecular complexity index is 564. The Hall–Kier alpha value is -1.86. The zero-order valence-electron chi connectivity index (χ0n) is 13.1. The summed E-state index contributed by atoms with van der Waals surface area (Å²) in [6, 6.07) is 4.48. The van der Waals surface area contributed by atoms with E-state index in [2.05, 4.69) is 37.9 Å². The standard InChI is InChI=1S/C17H23FN2O/c1-12(17(2,3)4)10-16(21)20-15-8-7-13(6-5-9-19)11-14(15)18/h7-8,11-12H,9-10,19H2,1-4H3,(H,20,21). The van der Waals surface area contributed by atoms with E-state index in [0.29, 0.717) is 12.0 Å². The first-order valence-corrected chi connectivity index (χ1v) is 7.02. The molecule has 0 aliphatic rings. The summed E-state index contributed by atoms with van der Waals surface area (Å²) in [4.78, 5) is 12.0. The van der Waals surface area contributed by atoms with Crippen molar-refractivity contribution in [3.63, 3.8) is 0 Å². The van der Waals surface area contributed by atoms with Crippen LogP contribution in [0.15, 0.2) is 18.2 Å². The van der Waals surface area contributed by atoms with Gasteiger partial charge in [-0.3, -0.25) is 4.79 Å². The number of anilines is 1. The van der Waals surface area contributed by atoms with Gasteiger partial charge in [0.2, 0.25) is 5.91 Å². The normalized spacial score (nSPS) is 12.3. The summed E-state index contributed by atoms with van der Waals surface area (Å²) in [7, 11) is 0. The first-order valence-electron chi connectivity index (χ1n) is 7.02. The van der Waals surface area contributed by atoms with E-state index < -0.39 is 5.82 Å². The summed E-state index contributed by atoms with van der Waals surface area (Å²) in [5.74, 6) is 4.94. The molecule has 1 rings (SSSR count). The highest BCUT2D eigenvalue weighted by atomic mass is 19.1. The maximum atomic E-state index is 13.9. The quantitative estimate of drug-likeness (QED) is 0.840. The van der Waals surface area contributed by atoms with Crippen LogP contribution in [0.25, 0.3) is 0 Å². The van der Waals surface area contributed by atoms with Gasteiger partial charge in [0, 0.05) is 12.0 Å². The van der Waals surface area contributed by atoms with Gasteiger partial charge in [-0.1, -0.05) is 39.5 Å². The summed E-state index contributed by atoms with van der Waals surface area (Å²) in [6.07, 6.45) is 0.359. The molecule has 0 radical (unpaired) electrons. The molecular weight excluding hydrogens is 267 g/mol. The Morgan fingerprint density at radius 3 is 2.62 bits per heavy atom. The van der Waals surface area contributed by atoms with Gasteiger partial charge in [-0.25, -0.2) is 4.39 Å². The highest BCUT2D eigenvalue weighted by Crippen LogP contribution is 2.28. The van der Waals surface area contributed by atoms with Crippen LogP contribution in [0.3, 0.4) is 0 Å². The number of benzene rings is 1. The van der Waals surface area contributed by atoms with Gasteiger partial charge in [-0.15, -0.1) is 0 Å². The van der Waals surface area contributed by atoms with Gasteiger partial charge in [0.15, 0.2) is 0 Å².